The predicted molar refractivity (Wildman–Crippen MR) is 63.3 cm³/mol. The quantitative estimate of drug-likeness (QED) is 0.614. The van der Waals surface area contributed by atoms with E-state index in [4.69, 9.17) is 4.52 Å². The number of hydrogen-bond donors (Lipinski definition) is 2. The van der Waals surface area contributed by atoms with Crippen molar-refractivity contribution in [3.05, 3.63) is 41.9 Å². The second kappa shape index (κ2) is 7.25. The van der Waals surface area contributed by atoms with Crippen molar-refractivity contribution < 1.29 is 4.52 Å². The summed E-state index contributed by atoms with van der Waals surface area (Å²) in [4.78, 5) is 0. The van der Waals surface area contributed by atoms with Crippen LogP contribution in [0.2, 0.25) is 0 Å². The molecule has 15 heavy (non-hydrogen) atoms. The Kier molecular flexibility index (Phi) is 5.80. The first-order valence-corrected chi connectivity index (χ1v) is 5.43. The van der Waals surface area contributed by atoms with Crippen LogP contribution in [-0.2, 0) is 6.54 Å². The Morgan fingerprint density at radius 3 is 3.07 bits per heavy atom. The second-order valence-corrected chi connectivity index (χ2v) is 3.50. The van der Waals surface area contributed by atoms with Crippen LogP contribution in [0.15, 0.2) is 35.0 Å². The van der Waals surface area contributed by atoms with Crippen LogP contribution < -0.4 is 9.66 Å². The molecule has 0 fully saturated rings. The van der Waals surface area contributed by atoms with Crippen LogP contribution in [0.3, 0.4) is 0 Å². The summed E-state index contributed by atoms with van der Waals surface area (Å²) in [6.07, 6.45) is 7.73. The number of aryl methyl sites for hydroxylation is 1. The van der Waals surface area contributed by atoms with Gasteiger partial charge < -0.3 is 9.84 Å². The molecule has 0 saturated carbocycles. The number of nitrogens with one attached hydrogen (secondary N) is 2. The molecule has 0 saturated heterocycles. The van der Waals surface area contributed by atoms with Gasteiger partial charge in [-0.25, -0.2) is 0 Å². The molecule has 0 aliphatic heterocycles. The number of halogens is 1. The van der Waals surface area contributed by atoms with E-state index in [1.165, 1.54) is 0 Å². The van der Waals surface area contributed by atoms with Gasteiger partial charge in [0, 0.05) is 28.8 Å². The third kappa shape index (κ3) is 5.39. The molecule has 2 N–H and O–H groups in total. The van der Waals surface area contributed by atoms with E-state index >= 15 is 0 Å². The number of allylic oxidation sites excluding steroid dienone is 2. The summed E-state index contributed by atoms with van der Waals surface area (Å²) in [5.41, 5.74) is 0.902. The van der Waals surface area contributed by atoms with Crippen molar-refractivity contribution in [2.24, 2.45) is 0 Å². The van der Waals surface area contributed by atoms with Crippen LogP contribution in [0.25, 0.3) is 0 Å². The summed E-state index contributed by atoms with van der Waals surface area (Å²) < 4.78 is 7.86. The first kappa shape index (κ1) is 12.0. The number of hydrogen-bond acceptors (Lipinski definition) is 4. The minimum absolute atomic E-state index is 0.655. The highest BCUT2D eigenvalue weighted by Gasteiger charge is 1.96. The van der Waals surface area contributed by atoms with Gasteiger partial charge in [-0.15, -0.1) is 0 Å². The third-order valence-electron chi connectivity index (χ3n) is 1.61. The fourth-order valence-corrected chi connectivity index (χ4v) is 1.16. The zero-order valence-electron chi connectivity index (χ0n) is 8.53. The van der Waals surface area contributed by atoms with Crippen LogP contribution in [-0.4, -0.2) is 11.7 Å². The summed E-state index contributed by atoms with van der Waals surface area (Å²) in [6.45, 7) is 3.35. The molecule has 1 aromatic heterocycles. The van der Waals surface area contributed by atoms with Gasteiger partial charge in [-0.05, 0) is 19.2 Å². The van der Waals surface area contributed by atoms with Gasteiger partial charge in [0.2, 0.25) is 0 Å². The van der Waals surface area contributed by atoms with E-state index < -0.39 is 0 Å². The van der Waals surface area contributed by atoms with Crippen LogP contribution in [0, 0.1) is 6.92 Å². The monoisotopic (exact) mass is 271 g/mol. The maximum Gasteiger partial charge on any atom is 0.155 e. The smallest absolute Gasteiger partial charge is 0.155 e. The Bertz CT molecular complexity index is 333. The SMILES string of the molecule is Cc1cc(CN/C=C\C=C/CNBr)on1. The molecule has 5 heteroatoms. The molecule has 0 unspecified atom stereocenters. The Labute approximate surface area is 97.7 Å². The molecular formula is C10H14BrN3O. The average Bonchev–Trinajstić information content (AvgIpc) is 2.63. The molecule has 1 rings (SSSR count). The lowest BCUT2D eigenvalue weighted by Gasteiger charge is -1.93. The lowest BCUT2D eigenvalue weighted by molar-refractivity contribution is 0.375. The van der Waals surface area contributed by atoms with Crippen molar-refractivity contribution in [2.45, 2.75) is 13.5 Å². The molecule has 0 aromatic carbocycles. The number of rotatable bonds is 6. The lowest BCUT2D eigenvalue weighted by atomic mass is 10.4. The third-order valence-corrected chi connectivity index (χ3v) is 1.93. The van der Waals surface area contributed by atoms with Crippen LogP contribution in [0.1, 0.15) is 11.5 Å². The van der Waals surface area contributed by atoms with Crippen molar-refractivity contribution in [3.8, 4) is 0 Å². The first-order valence-electron chi connectivity index (χ1n) is 4.63. The molecule has 0 aliphatic rings. The molecule has 0 spiro atoms. The Morgan fingerprint density at radius 1 is 1.53 bits per heavy atom. The van der Waals surface area contributed by atoms with E-state index in [9.17, 15) is 0 Å². The standard InChI is InChI=1S/C10H14BrN3O/c1-9-7-10(15-14-9)8-12-5-3-2-4-6-13-11/h2-5,7,12-13H,6,8H2,1H3/b4-2-,5-3-. The lowest BCUT2D eigenvalue weighted by Crippen LogP contribution is -2.02. The summed E-state index contributed by atoms with van der Waals surface area (Å²) in [7, 11) is 0. The van der Waals surface area contributed by atoms with Gasteiger partial charge in [-0.3, -0.25) is 4.34 Å². The molecule has 0 amide bonds. The van der Waals surface area contributed by atoms with Crippen molar-refractivity contribution in [1.29, 1.82) is 0 Å². The minimum Gasteiger partial charge on any atom is -0.384 e. The molecule has 82 valence electrons. The van der Waals surface area contributed by atoms with E-state index in [1.807, 2.05) is 37.4 Å². The van der Waals surface area contributed by atoms with Crippen molar-refractivity contribution in [2.75, 3.05) is 6.54 Å². The molecule has 0 atom stereocenters. The molecule has 1 heterocycles. The Balaban J connectivity index is 2.16. The second-order valence-electron chi connectivity index (χ2n) is 2.94. The van der Waals surface area contributed by atoms with E-state index in [-0.39, 0.29) is 0 Å². The molecule has 1 aromatic rings. The molecule has 4 nitrogen and oxygen atoms in total. The van der Waals surface area contributed by atoms with Crippen LogP contribution in [0.5, 0.6) is 0 Å². The van der Waals surface area contributed by atoms with Crippen molar-refractivity contribution in [1.82, 2.24) is 14.8 Å². The van der Waals surface area contributed by atoms with Gasteiger partial charge in [0.25, 0.3) is 0 Å². The van der Waals surface area contributed by atoms with Crippen molar-refractivity contribution in [3.63, 3.8) is 0 Å². The predicted octanol–water partition coefficient (Wildman–Crippen LogP) is 2.04. The highest BCUT2D eigenvalue weighted by Crippen LogP contribution is 2.00. The van der Waals surface area contributed by atoms with Gasteiger partial charge >= 0.3 is 0 Å². The highest BCUT2D eigenvalue weighted by atomic mass is 79.9. The van der Waals surface area contributed by atoms with Gasteiger partial charge in [0.1, 0.15) is 0 Å². The van der Waals surface area contributed by atoms with Crippen LogP contribution >= 0.6 is 16.1 Å². The van der Waals surface area contributed by atoms with Gasteiger partial charge in [-0.1, -0.05) is 17.3 Å². The fraction of sp³-hybridized carbons (Fsp3) is 0.300. The van der Waals surface area contributed by atoms with Crippen LogP contribution in [0.4, 0.5) is 0 Å². The van der Waals surface area contributed by atoms with E-state index in [0.717, 1.165) is 18.0 Å². The first-order chi connectivity index (χ1) is 7.33. The fourth-order valence-electron chi connectivity index (χ4n) is 0.974. The largest absolute Gasteiger partial charge is 0.384 e. The summed E-state index contributed by atoms with van der Waals surface area (Å²) in [6, 6.07) is 1.91. The zero-order valence-corrected chi connectivity index (χ0v) is 10.1. The Morgan fingerprint density at radius 2 is 2.40 bits per heavy atom. The summed E-state index contributed by atoms with van der Waals surface area (Å²) >= 11 is 3.10. The summed E-state index contributed by atoms with van der Waals surface area (Å²) in [5, 5.41) is 6.88. The van der Waals surface area contributed by atoms with E-state index in [2.05, 4.69) is 31.0 Å². The van der Waals surface area contributed by atoms with Gasteiger partial charge in [0.15, 0.2) is 5.76 Å². The average molecular weight is 272 g/mol. The van der Waals surface area contributed by atoms with E-state index in [1.54, 1.807) is 0 Å². The summed E-state index contributed by atoms with van der Waals surface area (Å²) in [5.74, 6) is 0.836. The number of aromatic nitrogens is 1. The minimum atomic E-state index is 0.655. The van der Waals surface area contributed by atoms with Gasteiger partial charge in [-0.2, -0.15) is 0 Å². The maximum atomic E-state index is 5.03. The molecular weight excluding hydrogens is 258 g/mol. The molecule has 0 aliphatic carbocycles. The number of nitrogens with zero attached hydrogens (tertiary/aromatic N) is 1. The van der Waals surface area contributed by atoms with E-state index in [0.29, 0.717) is 6.54 Å². The highest BCUT2D eigenvalue weighted by molar-refractivity contribution is 9.08. The molecule has 0 bridgehead atoms. The topological polar surface area (TPSA) is 50.1 Å². The van der Waals surface area contributed by atoms with Gasteiger partial charge in [0.05, 0.1) is 12.2 Å². The normalized spacial score (nSPS) is 11.6. The molecule has 0 radical (unpaired) electrons. The Hall–Kier alpha value is -1.07. The zero-order chi connectivity index (χ0) is 10.9. The van der Waals surface area contributed by atoms with Crippen molar-refractivity contribution >= 4 is 16.1 Å². The maximum absolute atomic E-state index is 5.03.